The number of ether oxygens (including phenoxy) is 1. The monoisotopic (exact) mass is 523 g/mol. The van der Waals surface area contributed by atoms with Crippen molar-refractivity contribution < 1.29 is 14.3 Å². The summed E-state index contributed by atoms with van der Waals surface area (Å²) in [7, 11) is 0. The molecule has 2 aromatic rings. The molecule has 1 atom stereocenters. The van der Waals surface area contributed by atoms with Crippen molar-refractivity contribution in [1.82, 2.24) is 5.32 Å². The second-order valence-corrected chi connectivity index (χ2v) is 10.8. The first-order valence-corrected chi connectivity index (χ1v) is 13.0. The number of nitrogens with one attached hydrogen (secondary N) is 2. The van der Waals surface area contributed by atoms with Crippen LogP contribution in [0.3, 0.4) is 0 Å². The van der Waals surface area contributed by atoms with Crippen LogP contribution in [0.15, 0.2) is 70.4 Å². The van der Waals surface area contributed by atoms with E-state index >= 15 is 0 Å². The van der Waals surface area contributed by atoms with Crippen LogP contribution in [0.4, 0.5) is 5.69 Å². The summed E-state index contributed by atoms with van der Waals surface area (Å²) in [5.41, 5.74) is 3.20. The molecule has 6 nitrogen and oxygen atoms in total. The molecule has 2 aromatic carbocycles. The average Bonchev–Trinajstić information content (AvgIpc) is 2.82. The third-order valence-corrected chi connectivity index (χ3v) is 6.73. The number of benzene rings is 2. The van der Waals surface area contributed by atoms with Crippen LogP contribution in [-0.4, -0.2) is 23.2 Å². The average molecular weight is 524 g/mol. The Morgan fingerprint density at radius 2 is 1.78 bits per heavy atom. The minimum atomic E-state index is -0.701. The first-order chi connectivity index (χ1) is 17.0. The van der Waals surface area contributed by atoms with E-state index in [1.54, 1.807) is 52.0 Å². The first-order valence-electron chi connectivity index (χ1n) is 11.6. The highest BCUT2D eigenvalue weighted by atomic mass is 35.5. The minimum Gasteiger partial charge on any atom is -0.457 e. The number of rotatable bonds is 7. The van der Waals surface area contributed by atoms with Gasteiger partial charge in [0.2, 0.25) is 5.91 Å². The summed E-state index contributed by atoms with van der Waals surface area (Å²) >= 11 is 7.31. The Morgan fingerprint density at radius 3 is 2.33 bits per heavy atom. The summed E-state index contributed by atoms with van der Waals surface area (Å²) in [5, 5.41) is 17.3. The van der Waals surface area contributed by atoms with Gasteiger partial charge in [0.05, 0.1) is 33.9 Å². The lowest BCUT2D eigenvalue weighted by atomic mass is 9.82. The summed E-state index contributed by atoms with van der Waals surface area (Å²) < 4.78 is 5.67. The third-order valence-electron chi connectivity index (χ3n) is 5.46. The quantitative estimate of drug-likeness (QED) is 0.413. The Hall–Kier alpha value is -3.21. The number of esters is 1. The van der Waals surface area contributed by atoms with Gasteiger partial charge in [0, 0.05) is 16.4 Å². The van der Waals surface area contributed by atoms with Crippen LogP contribution < -0.4 is 10.6 Å². The van der Waals surface area contributed by atoms with Gasteiger partial charge < -0.3 is 15.4 Å². The van der Waals surface area contributed by atoms with Crippen LogP contribution in [0.25, 0.3) is 0 Å². The molecule has 3 rings (SSSR count). The minimum absolute atomic E-state index is 0.0887. The van der Waals surface area contributed by atoms with Crippen molar-refractivity contribution in [2.75, 3.05) is 11.1 Å². The number of halogens is 1. The number of thioether (sulfide) groups is 1. The molecular weight excluding hydrogens is 494 g/mol. The first kappa shape index (κ1) is 27.4. The van der Waals surface area contributed by atoms with Gasteiger partial charge in [-0.3, -0.25) is 4.79 Å². The number of nitrogens with zero attached hydrogens (tertiary/aromatic N) is 1. The Balaban J connectivity index is 1.88. The van der Waals surface area contributed by atoms with Crippen molar-refractivity contribution in [3.63, 3.8) is 0 Å². The molecule has 1 unspecified atom stereocenters. The molecule has 0 radical (unpaired) electrons. The lowest BCUT2D eigenvalue weighted by Crippen LogP contribution is -2.32. The van der Waals surface area contributed by atoms with Gasteiger partial charge in [0.25, 0.3) is 0 Å². The molecule has 8 heteroatoms. The summed E-state index contributed by atoms with van der Waals surface area (Å²) in [4.78, 5) is 25.8. The van der Waals surface area contributed by atoms with E-state index in [-0.39, 0.29) is 11.7 Å². The fourth-order valence-electron chi connectivity index (χ4n) is 3.78. The van der Waals surface area contributed by atoms with Crippen molar-refractivity contribution in [3.8, 4) is 6.07 Å². The van der Waals surface area contributed by atoms with Crippen LogP contribution in [0, 0.1) is 11.3 Å². The van der Waals surface area contributed by atoms with Crippen molar-refractivity contribution in [3.05, 3.63) is 86.6 Å². The lowest BCUT2D eigenvalue weighted by molar-refractivity contribution is -0.150. The van der Waals surface area contributed by atoms with E-state index in [1.165, 1.54) is 17.3 Å². The van der Waals surface area contributed by atoms with Gasteiger partial charge in [-0.05, 0) is 69.5 Å². The topological polar surface area (TPSA) is 91.2 Å². The van der Waals surface area contributed by atoms with Gasteiger partial charge in [0.1, 0.15) is 5.60 Å². The zero-order chi connectivity index (χ0) is 26.5. The number of anilines is 1. The maximum atomic E-state index is 13.2. The van der Waals surface area contributed by atoms with Crippen molar-refractivity contribution >= 4 is 40.9 Å². The van der Waals surface area contributed by atoms with E-state index < -0.39 is 17.5 Å². The smallest absolute Gasteiger partial charge is 0.337 e. The molecule has 0 saturated heterocycles. The normalized spacial score (nSPS) is 15.8. The molecule has 1 amide bonds. The second-order valence-electron chi connectivity index (χ2n) is 9.39. The molecule has 2 N–H and O–H groups in total. The number of nitriles is 1. The van der Waals surface area contributed by atoms with Gasteiger partial charge in [-0.2, -0.15) is 5.26 Å². The molecule has 0 saturated carbocycles. The second kappa shape index (κ2) is 11.7. The van der Waals surface area contributed by atoms with Crippen LogP contribution in [0.2, 0.25) is 5.02 Å². The number of dihydropyridines is 1. The molecule has 1 heterocycles. The van der Waals surface area contributed by atoms with Crippen LogP contribution in [-0.2, 0) is 20.7 Å². The predicted molar refractivity (Wildman–Crippen MR) is 145 cm³/mol. The van der Waals surface area contributed by atoms with Crippen LogP contribution >= 0.6 is 23.4 Å². The Bertz CT molecular complexity index is 1240. The Morgan fingerprint density at radius 1 is 1.14 bits per heavy atom. The Kier molecular flexibility index (Phi) is 8.89. The molecule has 0 bridgehead atoms. The number of aryl methyl sites for hydroxylation is 1. The predicted octanol–water partition coefficient (Wildman–Crippen LogP) is 6.31. The van der Waals surface area contributed by atoms with E-state index in [9.17, 15) is 14.9 Å². The SMILES string of the molecule is CCc1ccc(NC(=O)CSC2=C(C#N)C(c3ccc(Cl)cc3)C(C(=O)OC(C)(C)C)=C(C)N2)cc1. The van der Waals surface area contributed by atoms with Gasteiger partial charge in [0.15, 0.2) is 0 Å². The Labute approximate surface area is 221 Å². The lowest BCUT2D eigenvalue weighted by Gasteiger charge is -2.31. The maximum absolute atomic E-state index is 13.2. The molecule has 1 aliphatic heterocycles. The molecule has 0 fully saturated rings. The van der Waals surface area contributed by atoms with Crippen molar-refractivity contribution in [1.29, 1.82) is 5.26 Å². The number of carbonyl (C=O) groups is 2. The zero-order valence-corrected chi connectivity index (χ0v) is 22.6. The number of hydrogen-bond acceptors (Lipinski definition) is 6. The van der Waals surface area contributed by atoms with E-state index in [0.717, 1.165) is 12.0 Å². The number of amides is 1. The molecule has 1 aliphatic rings. The van der Waals surface area contributed by atoms with Gasteiger partial charge in [-0.1, -0.05) is 54.6 Å². The number of allylic oxidation sites excluding steroid dienone is 2. The van der Waals surface area contributed by atoms with E-state index in [1.807, 2.05) is 24.3 Å². The van der Waals surface area contributed by atoms with Gasteiger partial charge in [-0.15, -0.1) is 0 Å². The summed E-state index contributed by atoms with van der Waals surface area (Å²) in [6.07, 6.45) is 0.924. The standard InChI is InChI=1S/C28H30ClN3O3S/c1-6-18-7-13-21(14-8-18)32-23(33)16-36-26-22(15-30)25(19-9-11-20(29)12-10-19)24(17(2)31-26)27(34)35-28(3,4)5/h7-14,25,31H,6,16H2,1-5H3,(H,32,33). The van der Waals surface area contributed by atoms with Crippen LogP contribution in [0.5, 0.6) is 0 Å². The van der Waals surface area contributed by atoms with Crippen molar-refractivity contribution in [2.45, 2.75) is 52.6 Å². The summed E-state index contributed by atoms with van der Waals surface area (Å²) in [5.74, 6) is -1.27. The largest absolute Gasteiger partial charge is 0.457 e. The fourth-order valence-corrected chi connectivity index (χ4v) is 4.80. The zero-order valence-electron chi connectivity index (χ0n) is 21.1. The fraction of sp³-hybridized carbons (Fsp3) is 0.321. The van der Waals surface area contributed by atoms with Gasteiger partial charge in [-0.25, -0.2) is 4.79 Å². The molecule has 188 valence electrons. The number of hydrogen-bond donors (Lipinski definition) is 2. The summed E-state index contributed by atoms with van der Waals surface area (Å²) in [6, 6.07) is 17.0. The highest BCUT2D eigenvalue weighted by molar-refractivity contribution is 8.03. The highest BCUT2D eigenvalue weighted by Crippen LogP contribution is 2.41. The maximum Gasteiger partial charge on any atom is 0.337 e. The molecule has 0 spiro atoms. The summed E-state index contributed by atoms with van der Waals surface area (Å²) in [6.45, 7) is 9.23. The van der Waals surface area contributed by atoms with Gasteiger partial charge >= 0.3 is 5.97 Å². The molecule has 36 heavy (non-hydrogen) atoms. The highest BCUT2D eigenvalue weighted by Gasteiger charge is 2.37. The number of carbonyl (C=O) groups excluding carboxylic acids is 2. The van der Waals surface area contributed by atoms with E-state index in [0.29, 0.717) is 32.6 Å². The molecular formula is C28H30ClN3O3S. The third kappa shape index (κ3) is 6.93. The van der Waals surface area contributed by atoms with Crippen molar-refractivity contribution in [2.24, 2.45) is 0 Å². The van der Waals surface area contributed by atoms with Crippen LogP contribution in [0.1, 0.15) is 51.7 Å². The van der Waals surface area contributed by atoms with E-state index in [4.69, 9.17) is 16.3 Å². The molecule has 0 aliphatic carbocycles. The molecule has 0 aromatic heterocycles. The van der Waals surface area contributed by atoms with E-state index in [2.05, 4.69) is 23.6 Å².